The maximum absolute atomic E-state index is 13.6. The van der Waals surface area contributed by atoms with E-state index < -0.39 is 17.2 Å². The first kappa shape index (κ1) is 12.1. The average Bonchev–Trinajstić information content (AvgIpc) is 2.23. The standard InChI is InChI=1S/C12H16F2N2O/c1-7-5-8(15)11(10(14)9(7)13)16-6-12(17)3-2-4-12/h5,16-17H,2-4,6,15H2,1H3. The molecule has 17 heavy (non-hydrogen) atoms. The zero-order valence-electron chi connectivity index (χ0n) is 9.69. The molecule has 0 aromatic heterocycles. The summed E-state index contributed by atoms with van der Waals surface area (Å²) >= 11 is 0. The van der Waals surface area contributed by atoms with Gasteiger partial charge in [-0.2, -0.15) is 0 Å². The lowest BCUT2D eigenvalue weighted by molar-refractivity contribution is -0.0202. The van der Waals surface area contributed by atoms with E-state index in [9.17, 15) is 13.9 Å². The fourth-order valence-corrected chi connectivity index (χ4v) is 1.97. The van der Waals surface area contributed by atoms with Crippen molar-refractivity contribution < 1.29 is 13.9 Å². The van der Waals surface area contributed by atoms with Crippen molar-refractivity contribution >= 4 is 11.4 Å². The first-order valence-corrected chi connectivity index (χ1v) is 5.63. The van der Waals surface area contributed by atoms with E-state index in [-0.39, 0.29) is 23.5 Å². The molecule has 0 bridgehead atoms. The zero-order chi connectivity index (χ0) is 12.6. The summed E-state index contributed by atoms with van der Waals surface area (Å²) in [5, 5.41) is 12.6. The van der Waals surface area contributed by atoms with E-state index in [1.165, 1.54) is 13.0 Å². The van der Waals surface area contributed by atoms with Gasteiger partial charge in [0.2, 0.25) is 0 Å². The molecule has 94 valence electrons. The SMILES string of the molecule is Cc1cc(N)c(NCC2(O)CCC2)c(F)c1F. The van der Waals surface area contributed by atoms with E-state index in [1.807, 2.05) is 0 Å². The van der Waals surface area contributed by atoms with E-state index >= 15 is 0 Å². The molecule has 0 unspecified atom stereocenters. The number of nitrogens with one attached hydrogen (secondary N) is 1. The molecule has 1 aromatic carbocycles. The van der Waals surface area contributed by atoms with Crippen molar-refractivity contribution in [3.8, 4) is 0 Å². The maximum Gasteiger partial charge on any atom is 0.184 e. The van der Waals surface area contributed by atoms with Crippen LogP contribution < -0.4 is 11.1 Å². The van der Waals surface area contributed by atoms with Crippen LogP contribution in [-0.2, 0) is 0 Å². The third kappa shape index (κ3) is 2.20. The van der Waals surface area contributed by atoms with Crippen molar-refractivity contribution in [1.82, 2.24) is 0 Å². The number of benzene rings is 1. The van der Waals surface area contributed by atoms with E-state index in [2.05, 4.69) is 5.32 Å². The monoisotopic (exact) mass is 242 g/mol. The Kier molecular flexibility index (Phi) is 2.95. The quantitative estimate of drug-likeness (QED) is 0.712. The highest BCUT2D eigenvalue weighted by Crippen LogP contribution is 2.33. The maximum atomic E-state index is 13.6. The van der Waals surface area contributed by atoms with Gasteiger partial charge in [-0.25, -0.2) is 8.78 Å². The van der Waals surface area contributed by atoms with Gasteiger partial charge in [-0.15, -0.1) is 0 Å². The molecule has 0 saturated heterocycles. The molecular formula is C12H16F2N2O. The third-order valence-electron chi connectivity index (χ3n) is 3.30. The van der Waals surface area contributed by atoms with Gasteiger partial charge < -0.3 is 16.2 Å². The van der Waals surface area contributed by atoms with Gasteiger partial charge in [-0.3, -0.25) is 0 Å². The lowest BCUT2D eigenvalue weighted by atomic mass is 9.80. The van der Waals surface area contributed by atoms with Crippen LogP contribution in [0.2, 0.25) is 0 Å². The Hall–Kier alpha value is -1.36. The first-order valence-electron chi connectivity index (χ1n) is 5.63. The predicted molar refractivity (Wildman–Crippen MR) is 62.8 cm³/mol. The summed E-state index contributed by atoms with van der Waals surface area (Å²) in [6, 6.07) is 1.38. The van der Waals surface area contributed by atoms with Crippen LogP contribution in [0.4, 0.5) is 20.2 Å². The van der Waals surface area contributed by atoms with Gasteiger partial charge in [0.05, 0.1) is 17.0 Å². The van der Waals surface area contributed by atoms with Crippen molar-refractivity contribution in [2.45, 2.75) is 31.8 Å². The summed E-state index contributed by atoms with van der Waals surface area (Å²) < 4.78 is 27.0. The van der Waals surface area contributed by atoms with E-state index in [1.54, 1.807) is 0 Å². The largest absolute Gasteiger partial charge is 0.397 e. The first-order chi connectivity index (χ1) is 7.93. The second-order valence-electron chi connectivity index (χ2n) is 4.72. The predicted octanol–water partition coefficient (Wildman–Crippen LogP) is 2.18. The summed E-state index contributed by atoms with van der Waals surface area (Å²) in [7, 11) is 0. The Labute approximate surface area is 98.6 Å². The minimum Gasteiger partial charge on any atom is -0.397 e. The van der Waals surface area contributed by atoms with Gasteiger partial charge in [0.1, 0.15) is 0 Å². The number of nitrogens with two attached hydrogens (primary N) is 1. The summed E-state index contributed by atoms with van der Waals surface area (Å²) in [5.41, 5.74) is 5.09. The minimum absolute atomic E-state index is 0.0616. The van der Waals surface area contributed by atoms with Crippen LogP contribution >= 0.6 is 0 Å². The Morgan fingerprint density at radius 1 is 1.41 bits per heavy atom. The number of halogens is 2. The fraction of sp³-hybridized carbons (Fsp3) is 0.500. The molecule has 2 rings (SSSR count). The molecular weight excluding hydrogens is 226 g/mol. The number of hydrogen-bond acceptors (Lipinski definition) is 3. The van der Waals surface area contributed by atoms with Gasteiger partial charge in [-0.1, -0.05) is 0 Å². The zero-order valence-corrected chi connectivity index (χ0v) is 9.69. The lowest BCUT2D eigenvalue weighted by Gasteiger charge is -2.37. The molecule has 0 heterocycles. The van der Waals surface area contributed by atoms with Crippen molar-refractivity contribution in [2.75, 3.05) is 17.6 Å². The highest BCUT2D eigenvalue weighted by molar-refractivity contribution is 5.68. The molecule has 0 atom stereocenters. The highest BCUT2D eigenvalue weighted by Gasteiger charge is 2.34. The van der Waals surface area contributed by atoms with Gasteiger partial charge in [0.25, 0.3) is 0 Å². The van der Waals surface area contributed by atoms with Crippen LogP contribution in [0.1, 0.15) is 24.8 Å². The molecule has 3 nitrogen and oxygen atoms in total. The summed E-state index contributed by atoms with van der Waals surface area (Å²) in [6.07, 6.45) is 2.31. The molecule has 1 fully saturated rings. The number of anilines is 2. The average molecular weight is 242 g/mol. The number of aliphatic hydroxyl groups is 1. The molecule has 0 aliphatic heterocycles. The van der Waals surface area contributed by atoms with E-state index in [4.69, 9.17) is 5.73 Å². The molecule has 1 saturated carbocycles. The minimum atomic E-state index is -0.981. The number of nitrogen functional groups attached to an aromatic ring is 1. The summed E-state index contributed by atoms with van der Waals surface area (Å²) in [5.74, 6) is -1.88. The number of rotatable bonds is 3. The van der Waals surface area contributed by atoms with Crippen LogP contribution in [0.25, 0.3) is 0 Å². The molecule has 1 aliphatic rings. The van der Waals surface area contributed by atoms with Crippen LogP contribution in [0.5, 0.6) is 0 Å². The second-order valence-corrected chi connectivity index (χ2v) is 4.72. The van der Waals surface area contributed by atoms with Crippen LogP contribution in [0, 0.1) is 18.6 Å². The van der Waals surface area contributed by atoms with Gasteiger partial charge in [-0.05, 0) is 37.8 Å². The van der Waals surface area contributed by atoms with Crippen LogP contribution in [0.3, 0.4) is 0 Å². The lowest BCUT2D eigenvalue weighted by Crippen LogP contribution is -2.43. The Bertz CT molecular complexity index is 445. The second kappa shape index (κ2) is 4.14. The highest BCUT2D eigenvalue weighted by atomic mass is 19.2. The molecule has 1 aliphatic carbocycles. The fourth-order valence-electron chi connectivity index (χ4n) is 1.97. The van der Waals surface area contributed by atoms with E-state index in [0.29, 0.717) is 12.8 Å². The Balaban J connectivity index is 2.18. The van der Waals surface area contributed by atoms with Gasteiger partial charge in [0, 0.05) is 6.54 Å². The van der Waals surface area contributed by atoms with E-state index in [0.717, 1.165) is 6.42 Å². The summed E-state index contributed by atoms with van der Waals surface area (Å²) in [4.78, 5) is 0. The van der Waals surface area contributed by atoms with Crippen LogP contribution in [-0.4, -0.2) is 17.3 Å². The van der Waals surface area contributed by atoms with Crippen molar-refractivity contribution in [3.63, 3.8) is 0 Å². The van der Waals surface area contributed by atoms with Crippen molar-refractivity contribution in [2.24, 2.45) is 0 Å². The van der Waals surface area contributed by atoms with Gasteiger partial charge >= 0.3 is 0 Å². The summed E-state index contributed by atoms with van der Waals surface area (Å²) in [6.45, 7) is 1.65. The Morgan fingerprint density at radius 2 is 2.06 bits per heavy atom. The molecule has 0 spiro atoms. The molecule has 4 N–H and O–H groups in total. The normalized spacial score (nSPS) is 17.6. The van der Waals surface area contributed by atoms with Gasteiger partial charge in [0.15, 0.2) is 11.6 Å². The van der Waals surface area contributed by atoms with Crippen molar-refractivity contribution in [1.29, 1.82) is 0 Å². The molecule has 5 heteroatoms. The number of aryl methyl sites for hydroxylation is 1. The Morgan fingerprint density at radius 3 is 2.59 bits per heavy atom. The topological polar surface area (TPSA) is 58.3 Å². The smallest absolute Gasteiger partial charge is 0.184 e. The van der Waals surface area contributed by atoms with Crippen LogP contribution in [0.15, 0.2) is 6.07 Å². The van der Waals surface area contributed by atoms with Crippen molar-refractivity contribution in [3.05, 3.63) is 23.3 Å². The molecule has 0 amide bonds. The number of hydrogen-bond donors (Lipinski definition) is 3. The molecule has 1 aromatic rings. The molecule has 0 radical (unpaired) electrons. The third-order valence-corrected chi connectivity index (χ3v) is 3.30.